The highest BCUT2D eigenvalue weighted by molar-refractivity contribution is 6.34. The minimum Gasteiger partial charge on any atom is -0.481 e. The molecule has 0 saturated heterocycles. The second-order valence-corrected chi connectivity index (χ2v) is 4.92. The van der Waals surface area contributed by atoms with Crippen LogP contribution >= 0.6 is 11.6 Å². The normalized spacial score (nSPS) is 17.4. The van der Waals surface area contributed by atoms with Crippen molar-refractivity contribution >= 4 is 23.4 Å². The molecule has 0 saturated carbocycles. The maximum Gasteiger partial charge on any atom is 0.312 e. The SMILES string of the molecule is O=C(c1ccc[nH]1)c1c(Cl)cc2n1CCC2C(=O)O. The number of aromatic amines is 1. The van der Waals surface area contributed by atoms with Gasteiger partial charge in [-0.1, -0.05) is 11.6 Å². The summed E-state index contributed by atoms with van der Waals surface area (Å²) >= 11 is 6.10. The summed E-state index contributed by atoms with van der Waals surface area (Å²) in [6, 6.07) is 4.99. The van der Waals surface area contributed by atoms with E-state index in [9.17, 15) is 9.59 Å². The Labute approximate surface area is 113 Å². The molecule has 3 rings (SSSR count). The highest BCUT2D eigenvalue weighted by Gasteiger charge is 2.34. The number of carbonyl (C=O) groups is 2. The summed E-state index contributed by atoms with van der Waals surface area (Å²) in [5.74, 6) is -1.68. The minimum absolute atomic E-state index is 0.215. The Balaban J connectivity index is 2.07. The fourth-order valence-electron chi connectivity index (χ4n) is 2.55. The van der Waals surface area contributed by atoms with Crippen molar-refractivity contribution in [2.75, 3.05) is 0 Å². The largest absolute Gasteiger partial charge is 0.481 e. The summed E-state index contributed by atoms with van der Waals surface area (Å²) in [6.45, 7) is 0.501. The van der Waals surface area contributed by atoms with Gasteiger partial charge in [0.2, 0.25) is 5.78 Å². The van der Waals surface area contributed by atoms with Crippen LogP contribution in [0.25, 0.3) is 0 Å². The summed E-state index contributed by atoms with van der Waals surface area (Å²) in [4.78, 5) is 26.3. The van der Waals surface area contributed by atoms with E-state index < -0.39 is 11.9 Å². The molecule has 2 aromatic rings. The van der Waals surface area contributed by atoms with Crippen LogP contribution in [0.15, 0.2) is 24.4 Å². The van der Waals surface area contributed by atoms with Crippen molar-refractivity contribution in [1.29, 1.82) is 0 Å². The molecule has 98 valence electrons. The first-order valence-corrected chi connectivity index (χ1v) is 6.27. The van der Waals surface area contributed by atoms with E-state index in [1.54, 1.807) is 29.0 Å². The average Bonchev–Trinajstić information content (AvgIpc) is 3.01. The van der Waals surface area contributed by atoms with Crippen LogP contribution in [-0.2, 0) is 11.3 Å². The number of carbonyl (C=O) groups excluding carboxylic acids is 1. The lowest BCUT2D eigenvalue weighted by Gasteiger charge is -2.04. The average molecular weight is 279 g/mol. The lowest BCUT2D eigenvalue weighted by atomic mass is 10.1. The van der Waals surface area contributed by atoms with Crippen LogP contribution in [0.1, 0.15) is 34.2 Å². The second kappa shape index (κ2) is 4.28. The van der Waals surface area contributed by atoms with Gasteiger partial charge < -0.3 is 14.7 Å². The van der Waals surface area contributed by atoms with E-state index in [-0.39, 0.29) is 5.78 Å². The van der Waals surface area contributed by atoms with Gasteiger partial charge >= 0.3 is 5.97 Å². The zero-order valence-electron chi connectivity index (χ0n) is 9.89. The molecule has 0 spiro atoms. The number of halogens is 1. The first-order valence-electron chi connectivity index (χ1n) is 5.89. The molecule has 1 aliphatic rings. The molecule has 0 bridgehead atoms. The third-order valence-electron chi connectivity index (χ3n) is 3.44. The Morgan fingerprint density at radius 2 is 2.26 bits per heavy atom. The van der Waals surface area contributed by atoms with Gasteiger partial charge in [-0.15, -0.1) is 0 Å². The molecular weight excluding hydrogens is 268 g/mol. The summed E-state index contributed by atoms with van der Waals surface area (Å²) in [5.41, 5.74) is 1.41. The standard InChI is InChI=1S/C13H11ClN2O3/c14-8-6-10-7(13(18)19)3-5-16(10)11(8)12(17)9-2-1-4-15-9/h1-2,4,6-7,15H,3,5H2,(H,18,19). The minimum atomic E-state index is -0.883. The van der Waals surface area contributed by atoms with Gasteiger partial charge in [-0.2, -0.15) is 0 Å². The third kappa shape index (κ3) is 1.77. The maximum absolute atomic E-state index is 12.3. The van der Waals surface area contributed by atoms with Crippen LogP contribution in [0, 0.1) is 0 Å². The number of H-pyrrole nitrogens is 1. The fraction of sp³-hybridized carbons (Fsp3) is 0.231. The van der Waals surface area contributed by atoms with E-state index >= 15 is 0 Å². The van der Waals surface area contributed by atoms with Crippen LogP contribution in [0.5, 0.6) is 0 Å². The zero-order chi connectivity index (χ0) is 13.6. The van der Waals surface area contributed by atoms with Crippen LogP contribution < -0.4 is 0 Å². The Bertz CT molecular complexity index is 658. The molecule has 0 radical (unpaired) electrons. The Morgan fingerprint density at radius 3 is 2.89 bits per heavy atom. The van der Waals surface area contributed by atoms with E-state index in [1.165, 1.54) is 0 Å². The number of hydrogen-bond acceptors (Lipinski definition) is 2. The van der Waals surface area contributed by atoms with E-state index in [1.807, 2.05) is 0 Å². The van der Waals surface area contributed by atoms with Gasteiger partial charge in [0.05, 0.1) is 16.6 Å². The number of aliphatic carboxylic acids is 1. The summed E-state index contributed by atoms with van der Waals surface area (Å²) in [5, 5.41) is 9.44. The summed E-state index contributed by atoms with van der Waals surface area (Å²) in [7, 11) is 0. The van der Waals surface area contributed by atoms with Gasteiger partial charge in [-0.3, -0.25) is 9.59 Å². The van der Waals surface area contributed by atoms with Crippen LogP contribution in [0.3, 0.4) is 0 Å². The number of fused-ring (bicyclic) bond motifs is 1. The molecule has 0 aromatic carbocycles. The van der Waals surface area contributed by atoms with E-state index in [0.717, 1.165) is 0 Å². The molecule has 2 aromatic heterocycles. The topological polar surface area (TPSA) is 75.1 Å². The van der Waals surface area contributed by atoms with Crippen LogP contribution in [0.2, 0.25) is 5.02 Å². The van der Waals surface area contributed by atoms with Crippen LogP contribution in [-0.4, -0.2) is 26.4 Å². The number of hydrogen-bond donors (Lipinski definition) is 2. The van der Waals surface area contributed by atoms with Gasteiger partial charge in [-0.25, -0.2) is 0 Å². The number of nitrogens with zero attached hydrogens (tertiary/aromatic N) is 1. The summed E-state index contributed by atoms with van der Waals surface area (Å²) < 4.78 is 1.71. The van der Waals surface area contributed by atoms with Gasteiger partial charge in [-0.05, 0) is 24.6 Å². The molecule has 3 heterocycles. The van der Waals surface area contributed by atoms with E-state index in [2.05, 4.69) is 4.98 Å². The molecule has 6 heteroatoms. The van der Waals surface area contributed by atoms with Gasteiger partial charge in [0.1, 0.15) is 5.69 Å². The van der Waals surface area contributed by atoms with E-state index in [0.29, 0.717) is 35.1 Å². The fourth-order valence-corrected chi connectivity index (χ4v) is 2.85. The van der Waals surface area contributed by atoms with Crippen molar-refractivity contribution < 1.29 is 14.7 Å². The van der Waals surface area contributed by atoms with Gasteiger partial charge in [0.15, 0.2) is 0 Å². The summed E-state index contributed by atoms with van der Waals surface area (Å²) in [6.07, 6.45) is 2.15. The highest BCUT2D eigenvalue weighted by Crippen LogP contribution is 2.35. The highest BCUT2D eigenvalue weighted by atomic mass is 35.5. The Morgan fingerprint density at radius 1 is 1.47 bits per heavy atom. The first kappa shape index (κ1) is 12.0. The molecule has 1 aliphatic heterocycles. The van der Waals surface area contributed by atoms with Crippen molar-refractivity contribution in [3.05, 3.63) is 46.5 Å². The number of rotatable bonds is 3. The lowest BCUT2D eigenvalue weighted by molar-refractivity contribution is -0.138. The van der Waals surface area contributed by atoms with E-state index in [4.69, 9.17) is 16.7 Å². The number of carboxylic acids is 1. The van der Waals surface area contributed by atoms with Crippen molar-refractivity contribution in [3.8, 4) is 0 Å². The number of nitrogens with one attached hydrogen (secondary N) is 1. The number of ketones is 1. The first-order chi connectivity index (χ1) is 9.09. The molecule has 0 aliphatic carbocycles. The molecule has 2 N–H and O–H groups in total. The third-order valence-corrected chi connectivity index (χ3v) is 3.72. The predicted molar refractivity (Wildman–Crippen MR) is 68.7 cm³/mol. The zero-order valence-corrected chi connectivity index (χ0v) is 10.6. The quantitative estimate of drug-likeness (QED) is 0.846. The Hall–Kier alpha value is -2.01. The molecule has 1 unspecified atom stereocenters. The molecular formula is C13H11ClN2O3. The van der Waals surface area contributed by atoms with Crippen molar-refractivity contribution in [1.82, 2.24) is 9.55 Å². The van der Waals surface area contributed by atoms with Gasteiger partial charge in [0, 0.05) is 18.4 Å². The van der Waals surface area contributed by atoms with Crippen molar-refractivity contribution in [2.24, 2.45) is 0 Å². The van der Waals surface area contributed by atoms with Crippen LogP contribution in [0.4, 0.5) is 0 Å². The molecule has 19 heavy (non-hydrogen) atoms. The number of carboxylic acid groups (broad SMARTS) is 1. The molecule has 0 fully saturated rings. The Kier molecular flexibility index (Phi) is 2.71. The molecule has 0 amide bonds. The molecule has 5 nitrogen and oxygen atoms in total. The smallest absolute Gasteiger partial charge is 0.312 e. The van der Waals surface area contributed by atoms with Crippen molar-refractivity contribution in [2.45, 2.75) is 18.9 Å². The predicted octanol–water partition coefficient (Wildman–Crippen LogP) is 2.27. The van der Waals surface area contributed by atoms with Gasteiger partial charge in [0.25, 0.3) is 0 Å². The molecule has 1 atom stereocenters. The van der Waals surface area contributed by atoms with Crippen molar-refractivity contribution in [3.63, 3.8) is 0 Å². The monoisotopic (exact) mass is 278 g/mol. The number of aromatic nitrogens is 2. The second-order valence-electron chi connectivity index (χ2n) is 4.51. The maximum atomic E-state index is 12.3. The lowest BCUT2D eigenvalue weighted by Crippen LogP contribution is -2.10.